The number of carbonyl (C=O) groups excluding carboxylic acids is 1. The molecule has 1 amide bonds. The van der Waals surface area contributed by atoms with Crippen LogP contribution in [0.25, 0.3) is 11.0 Å². The van der Waals surface area contributed by atoms with Crippen LogP contribution < -0.4 is 5.32 Å². The van der Waals surface area contributed by atoms with Gasteiger partial charge in [0.25, 0.3) is 5.91 Å². The third kappa shape index (κ3) is 2.76. The molecule has 2 heterocycles. The zero-order chi connectivity index (χ0) is 14.8. The van der Waals surface area contributed by atoms with Gasteiger partial charge < -0.3 is 9.73 Å². The quantitative estimate of drug-likeness (QED) is 0.749. The van der Waals surface area contributed by atoms with Gasteiger partial charge in [0.1, 0.15) is 11.3 Å². The van der Waals surface area contributed by atoms with Crippen molar-refractivity contribution >= 4 is 16.9 Å². The van der Waals surface area contributed by atoms with Gasteiger partial charge >= 0.3 is 0 Å². The maximum atomic E-state index is 13.0. The molecule has 106 valence electrons. The van der Waals surface area contributed by atoms with E-state index in [4.69, 9.17) is 4.42 Å². The minimum Gasteiger partial charge on any atom is -0.459 e. The largest absolute Gasteiger partial charge is 0.459 e. The molecule has 0 saturated carbocycles. The Labute approximate surface area is 120 Å². The summed E-state index contributed by atoms with van der Waals surface area (Å²) >= 11 is 0. The molecule has 1 unspecified atom stereocenters. The first-order chi connectivity index (χ1) is 10.1. The molecule has 0 spiro atoms. The van der Waals surface area contributed by atoms with Crippen LogP contribution in [0.2, 0.25) is 0 Å². The van der Waals surface area contributed by atoms with Crippen LogP contribution in [0.1, 0.15) is 29.1 Å². The van der Waals surface area contributed by atoms with E-state index in [1.165, 1.54) is 12.3 Å². The molecular weight excluding hydrogens is 271 g/mol. The topological polar surface area (TPSA) is 55.1 Å². The van der Waals surface area contributed by atoms with E-state index >= 15 is 0 Å². The summed E-state index contributed by atoms with van der Waals surface area (Å²) in [6, 6.07) is 11.7. The molecule has 5 heteroatoms. The highest BCUT2D eigenvalue weighted by Crippen LogP contribution is 2.23. The van der Waals surface area contributed by atoms with Crippen LogP contribution in [0.4, 0.5) is 4.39 Å². The Balaban J connectivity index is 1.79. The van der Waals surface area contributed by atoms with Gasteiger partial charge in [-0.15, -0.1) is 0 Å². The zero-order valence-corrected chi connectivity index (χ0v) is 11.3. The molecule has 2 aromatic heterocycles. The van der Waals surface area contributed by atoms with E-state index in [0.29, 0.717) is 5.76 Å². The van der Waals surface area contributed by atoms with Crippen molar-refractivity contribution in [2.24, 2.45) is 0 Å². The van der Waals surface area contributed by atoms with Crippen molar-refractivity contribution in [3.63, 3.8) is 0 Å². The number of halogens is 1. The van der Waals surface area contributed by atoms with Gasteiger partial charge in [-0.3, -0.25) is 4.79 Å². The number of para-hydroxylation sites is 1. The molecule has 0 aliphatic heterocycles. The summed E-state index contributed by atoms with van der Waals surface area (Å²) in [5, 5.41) is 3.75. The van der Waals surface area contributed by atoms with E-state index in [0.717, 1.165) is 17.0 Å². The molecule has 0 fully saturated rings. The van der Waals surface area contributed by atoms with Gasteiger partial charge in [0.2, 0.25) is 5.95 Å². The SMILES string of the molecule is CC(NC(=O)c1ccnc(F)c1)c1cc2ccccc2o1. The number of pyridine rings is 1. The predicted octanol–water partition coefficient (Wildman–Crippen LogP) is 3.46. The monoisotopic (exact) mass is 284 g/mol. The summed E-state index contributed by atoms with van der Waals surface area (Å²) < 4.78 is 18.7. The second-order valence-electron chi connectivity index (χ2n) is 4.75. The number of benzene rings is 1. The van der Waals surface area contributed by atoms with Crippen molar-refractivity contribution in [3.8, 4) is 0 Å². The van der Waals surface area contributed by atoms with Gasteiger partial charge in [0.05, 0.1) is 6.04 Å². The number of nitrogens with zero attached hydrogens (tertiary/aromatic N) is 1. The van der Waals surface area contributed by atoms with Crippen LogP contribution in [0.15, 0.2) is 53.1 Å². The van der Waals surface area contributed by atoms with E-state index in [2.05, 4.69) is 10.3 Å². The number of hydrogen-bond acceptors (Lipinski definition) is 3. The first-order valence-electron chi connectivity index (χ1n) is 6.54. The Bertz CT molecular complexity index is 765. The fourth-order valence-corrected chi connectivity index (χ4v) is 2.11. The van der Waals surface area contributed by atoms with Crippen molar-refractivity contribution in [2.45, 2.75) is 13.0 Å². The highest BCUT2D eigenvalue weighted by atomic mass is 19.1. The molecule has 3 aromatic rings. The van der Waals surface area contributed by atoms with Crippen LogP contribution in [0.3, 0.4) is 0 Å². The van der Waals surface area contributed by atoms with Crippen LogP contribution in [-0.4, -0.2) is 10.9 Å². The number of nitrogens with one attached hydrogen (secondary N) is 1. The van der Waals surface area contributed by atoms with Gasteiger partial charge in [-0.05, 0) is 25.1 Å². The smallest absolute Gasteiger partial charge is 0.252 e. The average Bonchev–Trinajstić information content (AvgIpc) is 2.91. The Morgan fingerprint density at radius 2 is 2.10 bits per heavy atom. The summed E-state index contributed by atoms with van der Waals surface area (Å²) in [5.74, 6) is -0.401. The van der Waals surface area contributed by atoms with Crippen molar-refractivity contribution < 1.29 is 13.6 Å². The fourth-order valence-electron chi connectivity index (χ4n) is 2.11. The molecule has 1 atom stereocenters. The Morgan fingerprint density at radius 1 is 1.29 bits per heavy atom. The third-order valence-corrected chi connectivity index (χ3v) is 3.21. The van der Waals surface area contributed by atoms with Crippen molar-refractivity contribution in [3.05, 3.63) is 65.9 Å². The maximum Gasteiger partial charge on any atom is 0.252 e. The number of fused-ring (bicyclic) bond motifs is 1. The second kappa shape index (κ2) is 5.36. The lowest BCUT2D eigenvalue weighted by atomic mass is 10.2. The Kier molecular flexibility index (Phi) is 3.39. The summed E-state index contributed by atoms with van der Waals surface area (Å²) in [4.78, 5) is 15.5. The van der Waals surface area contributed by atoms with E-state index in [9.17, 15) is 9.18 Å². The summed E-state index contributed by atoms with van der Waals surface area (Å²) in [5.41, 5.74) is 0.994. The molecule has 1 N–H and O–H groups in total. The number of rotatable bonds is 3. The zero-order valence-electron chi connectivity index (χ0n) is 11.3. The lowest BCUT2D eigenvalue weighted by Crippen LogP contribution is -2.26. The summed E-state index contributed by atoms with van der Waals surface area (Å²) in [6.07, 6.45) is 1.26. The van der Waals surface area contributed by atoms with Crippen LogP contribution in [-0.2, 0) is 0 Å². The molecule has 3 rings (SSSR count). The van der Waals surface area contributed by atoms with Gasteiger partial charge in [0.15, 0.2) is 0 Å². The van der Waals surface area contributed by atoms with Crippen LogP contribution in [0.5, 0.6) is 0 Å². The highest BCUT2D eigenvalue weighted by Gasteiger charge is 2.15. The molecule has 1 aromatic carbocycles. The lowest BCUT2D eigenvalue weighted by Gasteiger charge is -2.11. The molecule has 0 aliphatic rings. The standard InChI is InChI=1S/C16H13FN2O2/c1-10(14-8-11-4-2-3-5-13(11)21-14)19-16(20)12-6-7-18-15(17)9-12/h2-10H,1H3,(H,19,20). The summed E-state index contributed by atoms with van der Waals surface area (Å²) in [6.45, 7) is 1.81. The molecule has 0 aliphatic carbocycles. The molecule has 0 saturated heterocycles. The third-order valence-electron chi connectivity index (χ3n) is 3.21. The minimum absolute atomic E-state index is 0.227. The van der Waals surface area contributed by atoms with Gasteiger partial charge in [-0.2, -0.15) is 4.39 Å². The Hall–Kier alpha value is -2.69. The average molecular weight is 284 g/mol. The fraction of sp³-hybridized carbons (Fsp3) is 0.125. The summed E-state index contributed by atoms with van der Waals surface area (Å²) in [7, 11) is 0. The first kappa shape index (κ1) is 13.3. The van der Waals surface area contributed by atoms with Crippen LogP contribution in [0, 0.1) is 5.95 Å². The lowest BCUT2D eigenvalue weighted by molar-refractivity contribution is 0.0935. The first-order valence-corrected chi connectivity index (χ1v) is 6.54. The van der Waals surface area contributed by atoms with E-state index < -0.39 is 5.95 Å². The number of aromatic nitrogens is 1. The number of hydrogen-bond donors (Lipinski definition) is 1. The number of carbonyl (C=O) groups is 1. The van der Waals surface area contributed by atoms with Crippen molar-refractivity contribution in [1.82, 2.24) is 10.3 Å². The maximum absolute atomic E-state index is 13.0. The molecule has 4 nitrogen and oxygen atoms in total. The number of furan rings is 1. The molecular formula is C16H13FN2O2. The van der Waals surface area contributed by atoms with Gasteiger partial charge in [-0.25, -0.2) is 4.98 Å². The van der Waals surface area contributed by atoms with Gasteiger partial charge in [0, 0.05) is 23.2 Å². The van der Waals surface area contributed by atoms with Crippen molar-refractivity contribution in [2.75, 3.05) is 0 Å². The van der Waals surface area contributed by atoms with Crippen LogP contribution >= 0.6 is 0 Å². The second-order valence-corrected chi connectivity index (χ2v) is 4.75. The predicted molar refractivity (Wildman–Crippen MR) is 76.3 cm³/mol. The van der Waals surface area contributed by atoms with E-state index in [-0.39, 0.29) is 17.5 Å². The number of amides is 1. The normalized spacial score (nSPS) is 12.3. The highest BCUT2D eigenvalue weighted by molar-refractivity contribution is 5.94. The van der Waals surface area contributed by atoms with E-state index in [1.54, 1.807) is 0 Å². The molecule has 0 bridgehead atoms. The van der Waals surface area contributed by atoms with E-state index in [1.807, 2.05) is 37.3 Å². The van der Waals surface area contributed by atoms with Gasteiger partial charge in [-0.1, -0.05) is 18.2 Å². The molecule has 21 heavy (non-hydrogen) atoms. The molecule has 0 radical (unpaired) electrons. The Morgan fingerprint density at radius 3 is 2.86 bits per heavy atom. The minimum atomic E-state index is -0.681. The van der Waals surface area contributed by atoms with Crippen molar-refractivity contribution in [1.29, 1.82) is 0 Å².